The summed E-state index contributed by atoms with van der Waals surface area (Å²) in [6.45, 7) is 3.36. The Labute approximate surface area is 91.2 Å². The van der Waals surface area contributed by atoms with Crippen LogP contribution in [-0.4, -0.2) is 54.7 Å². The van der Waals surface area contributed by atoms with Gasteiger partial charge in [-0.25, -0.2) is 8.42 Å². The maximum Gasteiger partial charge on any atom is 0.151 e. The van der Waals surface area contributed by atoms with Gasteiger partial charge in [-0.1, -0.05) is 13.3 Å². The van der Waals surface area contributed by atoms with E-state index in [0.717, 1.165) is 19.3 Å². The van der Waals surface area contributed by atoms with E-state index in [0.29, 0.717) is 18.8 Å². The summed E-state index contributed by atoms with van der Waals surface area (Å²) in [4.78, 5) is 2.11. The highest BCUT2D eigenvalue weighted by molar-refractivity contribution is 7.91. The van der Waals surface area contributed by atoms with E-state index in [4.69, 9.17) is 0 Å². The summed E-state index contributed by atoms with van der Waals surface area (Å²) in [5.74, 6) is 0.607. The highest BCUT2D eigenvalue weighted by Crippen LogP contribution is 2.31. The van der Waals surface area contributed by atoms with E-state index in [-0.39, 0.29) is 11.8 Å². The Morgan fingerprint density at radius 3 is 2.60 bits per heavy atom. The SMILES string of the molecule is CCCC1(O)CN(C2CCS(=O)(=O)C2)C1. The van der Waals surface area contributed by atoms with Crippen molar-refractivity contribution >= 4 is 9.84 Å². The molecule has 0 radical (unpaired) electrons. The first kappa shape index (κ1) is 11.4. The molecule has 2 aliphatic heterocycles. The van der Waals surface area contributed by atoms with Crippen LogP contribution in [0.25, 0.3) is 0 Å². The minimum Gasteiger partial charge on any atom is -0.387 e. The molecule has 0 aromatic heterocycles. The Bertz CT molecular complexity index is 333. The van der Waals surface area contributed by atoms with Crippen LogP contribution in [0.2, 0.25) is 0 Å². The number of β-amino-alcohol motifs (C(OH)–C–C–N with tert-alkyl or cyclic N) is 1. The van der Waals surface area contributed by atoms with Crippen LogP contribution in [0.3, 0.4) is 0 Å². The third-order valence-corrected chi connectivity index (χ3v) is 5.19. The van der Waals surface area contributed by atoms with E-state index in [1.54, 1.807) is 0 Å². The molecule has 2 fully saturated rings. The number of hydrogen-bond donors (Lipinski definition) is 1. The van der Waals surface area contributed by atoms with Gasteiger partial charge < -0.3 is 5.11 Å². The summed E-state index contributed by atoms with van der Waals surface area (Å²) in [6, 6.07) is 0.159. The second kappa shape index (κ2) is 3.71. The molecule has 1 N–H and O–H groups in total. The molecule has 0 aliphatic carbocycles. The van der Waals surface area contributed by atoms with Gasteiger partial charge in [0.1, 0.15) is 0 Å². The van der Waals surface area contributed by atoms with Gasteiger partial charge in [-0.3, -0.25) is 4.90 Å². The molecular weight excluding hydrogens is 214 g/mol. The van der Waals surface area contributed by atoms with E-state index < -0.39 is 15.4 Å². The van der Waals surface area contributed by atoms with Crippen molar-refractivity contribution in [2.45, 2.75) is 37.8 Å². The molecule has 0 amide bonds. The van der Waals surface area contributed by atoms with Crippen LogP contribution in [0.15, 0.2) is 0 Å². The maximum atomic E-state index is 11.3. The third-order valence-electron chi connectivity index (χ3n) is 3.43. The van der Waals surface area contributed by atoms with Gasteiger partial charge in [0.2, 0.25) is 0 Å². The lowest BCUT2D eigenvalue weighted by Crippen LogP contribution is -2.64. The Hall–Kier alpha value is -0.130. The van der Waals surface area contributed by atoms with Crippen LogP contribution in [0.4, 0.5) is 0 Å². The minimum atomic E-state index is -2.79. The van der Waals surface area contributed by atoms with Crippen molar-refractivity contribution in [1.82, 2.24) is 4.90 Å². The van der Waals surface area contributed by atoms with Crippen molar-refractivity contribution in [3.8, 4) is 0 Å². The van der Waals surface area contributed by atoms with Gasteiger partial charge in [-0.05, 0) is 12.8 Å². The Balaban J connectivity index is 1.85. The number of aliphatic hydroxyl groups is 1. The lowest BCUT2D eigenvalue weighted by molar-refractivity contribution is -0.116. The second-order valence-corrected chi connectivity index (χ2v) is 7.16. The summed E-state index contributed by atoms with van der Waals surface area (Å²) in [7, 11) is -2.79. The van der Waals surface area contributed by atoms with Crippen LogP contribution in [0, 0.1) is 0 Å². The summed E-state index contributed by atoms with van der Waals surface area (Å²) in [6.07, 6.45) is 2.54. The zero-order chi connectivity index (χ0) is 11.1. The van der Waals surface area contributed by atoms with Crippen molar-refractivity contribution in [3.63, 3.8) is 0 Å². The quantitative estimate of drug-likeness (QED) is 0.746. The molecule has 2 rings (SSSR count). The monoisotopic (exact) mass is 233 g/mol. The molecule has 1 atom stereocenters. The fourth-order valence-corrected chi connectivity index (χ4v) is 4.42. The van der Waals surface area contributed by atoms with Crippen molar-refractivity contribution < 1.29 is 13.5 Å². The van der Waals surface area contributed by atoms with E-state index in [1.807, 2.05) is 0 Å². The normalized spacial score (nSPS) is 33.9. The predicted molar refractivity (Wildman–Crippen MR) is 58.5 cm³/mol. The highest BCUT2D eigenvalue weighted by Gasteiger charge is 2.45. The second-order valence-electron chi connectivity index (χ2n) is 4.94. The van der Waals surface area contributed by atoms with Crippen LogP contribution in [-0.2, 0) is 9.84 Å². The van der Waals surface area contributed by atoms with Gasteiger partial charge in [0.25, 0.3) is 0 Å². The van der Waals surface area contributed by atoms with Gasteiger partial charge >= 0.3 is 0 Å². The van der Waals surface area contributed by atoms with Crippen LogP contribution >= 0.6 is 0 Å². The molecule has 4 nitrogen and oxygen atoms in total. The number of sulfone groups is 1. The fraction of sp³-hybridized carbons (Fsp3) is 1.00. The topological polar surface area (TPSA) is 57.6 Å². The van der Waals surface area contributed by atoms with Gasteiger partial charge in [0, 0.05) is 19.1 Å². The minimum absolute atomic E-state index is 0.159. The molecule has 0 bridgehead atoms. The molecule has 2 heterocycles. The van der Waals surface area contributed by atoms with Crippen LogP contribution < -0.4 is 0 Å². The molecule has 5 heteroatoms. The van der Waals surface area contributed by atoms with Crippen LogP contribution in [0.1, 0.15) is 26.2 Å². The zero-order valence-corrected chi connectivity index (χ0v) is 9.96. The first-order valence-corrected chi connectivity index (χ1v) is 7.43. The van der Waals surface area contributed by atoms with E-state index in [2.05, 4.69) is 11.8 Å². The number of likely N-dealkylation sites (tertiary alicyclic amines) is 1. The van der Waals surface area contributed by atoms with E-state index in [9.17, 15) is 13.5 Å². The Morgan fingerprint density at radius 2 is 2.13 bits per heavy atom. The molecule has 0 aromatic carbocycles. The zero-order valence-electron chi connectivity index (χ0n) is 9.15. The van der Waals surface area contributed by atoms with E-state index >= 15 is 0 Å². The van der Waals surface area contributed by atoms with Gasteiger partial charge in [0.05, 0.1) is 17.1 Å². The summed E-state index contributed by atoms with van der Waals surface area (Å²) in [5, 5.41) is 9.98. The molecule has 0 aromatic rings. The van der Waals surface area contributed by atoms with Crippen molar-refractivity contribution in [2.24, 2.45) is 0 Å². The number of hydrogen-bond acceptors (Lipinski definition) is 4. The molecule has 0 spiro atoms. The molecular formula is C10H19NO3S. The molecule has 0 saturated carbocycles. The Kier molecular flexibility index (Phi) is 2.81. The highest BCUT2D eigenvalue weighted by atomic mass is 32.2. The van der Waals surface area contributed by atoms with Crippen LogP contribution in [0.5, 0.6) is 0 Å². The molecule has 2 aliphatic rings. The first-order chi connectivity index (χ1) is 6.94. The average molecular weight is 233 g/mol. The molecule has 88 valence electrons. The third kappa shape index (κ3) is 2.34. The predicted octanol–water partition coefficient (Wildman–Crippen LogP) is 0.0203. The molecule has 2 saturated heterocycles. The largest absolute Gasteiger partial charge is 0.387 e. The molecule has 15 heavy (non-hydrogen) atoms. The fourth-order valence-electron chi connectivity index (χ4n) is 2.65. The van der Waals surface area contributed by atoms with Gasteiger partial charge in [0.15, 0.2) is 9.84 Å². The van der Waals surface area contributed by atoms with E-state index in [1.165, 1.54) is 0 Å². The lowest BCUT2D eigenvalue weighted by Gasteiger charge is -2.49. The maximum absolute atomic E-state index is 11.3. The van der Waals surface area contributed by atoms with Gasteiger partial charge in [-0.15, -0.1) is 0 Å². The Morgan fingerprint density at radius 1 is 1.47 bits per heavy atom. The van der Waals surface area contributed by atoms with Gasteiger partial charge in [-0.2, -0.15) is 0 Å². The number of nitrogens with zero attached hydrogens (tertiary/aromatic N) is 1. The standard InChI is InChI=1S/C10H19NO3S/c1-2-4-10(12)7-11(8-10)9-3-5-15(13,14)6-9/h9,12H,2-8H2,1H3. The lowest BCUT2D eigenvalue weighted by atomic mass is 9.88. The average Bonchev–Trinajstić information content (AvgIpc) is 2.42. The first-order valence-electron chi connectivity index (χ1n) is 5.61. The summed E-state index contributed by atoms with van der Waals surface area (Å²) < 4.78 is 22.6. The number of rotatable bonds is 3. The van der Waals surface area contributed by atoms with Crippen molar-refractivity contribution in [3.05, 3.63) is 0 Å². The summed E-state index contributed by atoms with van der Waals surface area (Å²) >= 11 is 0. The smallest absolute Gasteiger partial charge is 0.151 e. The van der Waals surface area contributed by atoms with Crippen molar-refractivity contribution in [2.75, 3.05) is 24.6 Å². The summed E-state index contributed by atoms with van der Waals surface area (Å²) in [5.41, 5.74) is -0.541. The molecule has 1 unspecified atom stereocenters. The van der Waals surface area contributed by atoms with Crippen molar-refractivity contribution in [1.29, 1.82) is 0 Å².